The first-order valence-electron chi connectivity index (χ1n) is 24.2. The molecule has 394 valence electrons. The Labute approximate surface area is 419 Å². The van der Waals surface area contributed by atoms with Crippen LogP contribution in [-0.4, -0.2) is 126 Å². The SMILES string of the molecule is COC(=O)C1(NC(=O)OC(C)(C)C)CCN(C(=O)[C@@H](CCCCNC(=O)OC(C)(C)C)NC(=O)[C@H](NC(=O)[C@@H](Cc2ccccc2)NC(=O)[C@@H](Cc2ccccc2)NC(=O)OC(C)(C)C)C(C)(C)C)CC1. The number of hydrogen-bond donors (Lipinski definition) is 6. The number of carbonyl (C=O) groups is 8. The van der Waals surface area contributed by atoms with Crippen LogP contribution in [0.1, 0.15) is 126 Å². The van der Waals surface area contributed by atoms with Crippen molar-refractivity contribution < 1.29 is 57.3 Å². The molecule has 1 aliphatic rings. The topological polar surface area (TPSA) is 249 Å². The van der Waals surface area contributed by atoms with Gasteiger partial charge in [0.05, 0.1) is 7.11 Å². The zero-order chi connectivity index (χ0) is 53.4. The van der Waals surface area contributed by atoms with E-state index in [1.54, 1.807) is 119 Å². The highest BCUT2D eigenvalue weighted by molar-refractivity contribution is 5.96. The minimum absolute atomic E-state index is 0.00461. The number of hydrogen-bond acceptors (Lipinski definition) is 12. The first kappa shape index (κ1) is 58.9. The number of methoxy groups -OCH3 is 1. The third kappa shape index (κ3) is 20.8. The fraction of sp³-hybridized carbons (Fsp3) is 0.615. The van der Waals surface area contributed by atoms with Crippen molar-refractivity contribution in [1.82, 2.24) is 36.8 Å². The zero-order valence-electron chi connectivity index (χ0n) is 44.0. The van der Waals surface area contributed by atoms with Crippen molar-refractivity contribution in [2.24, 2.45) is 5.41 Å². The molecule has 71 heavy (non-hydrogen) atoms. The monoisotopic (exact) mass is 994 g/mol. The number of rotatable bonds is 19. The van der Waals surface area contributed by atoms with E-state index in [4.69, 9.17) is 18.9 Å². The lowest BCUT2D eigenvalue weighted by Crippen LogP contribution is -2.64. The van der Waals surface area contributed by atoms with Gasteiger partial charge < -0.3 is 55.7 Å². The molecule has 19 nitrogen and oxygen atoms in total. The van der Waals surface area contributed by atoms with Crippen LogP contribution in [0.4, 0.5) is 14.4 Å². The maximum absolute atomic E-state index is 14.6. The molecule has 4 atom stereocenters. The summed E-state index contributed by atoms with van der Waals surface area (Å²) in [5, 5.41) is 16.6. The average molecular weight is 994 g/mol. The Morgan fingerprint density at radius 1 is 0.563 bits per heavy atom. The highest BCUT2D eigenvalue weighted by Gasteiger charge is 2.47. The smallest absolute Gasteiger partial charge is 0.408 e. The van der Waals surface area contributed by atoms with Crippen LogP contribution in [-0.2, 0) is 55.8 Å². The summed E-state index contributed by atoms with van der Waals surface area (Å²) in [5.41, 5.74) is -3.40. The molecule has 1 saturated heterocycles. The molecule has 1 fully saturated rings. The molecule has 0 radical (unpaired) electrons. The number of unbranched alkanes of at least 4 members (excludes halogenated alkanes) is 1. The van der Waals surface area contributed by atoms with E-state index in [-0.39, 0.29) is 51.7 Å². The zero-order valence-corrected chi connectivity index (χ0v) is 44.0. The van der Waals surface area contributed by atoms with Gasteiger partial charge in [-0.2, -0.15) is 0 Å². The average Bonchev–Trinajstić information content (AvgIpc) is 3.25. The third-order valence-electron chi connectivity index (χ3n) is 11.1. The van der Waals surface area contributed by atoms with Crippen molar-refractivity contribution in [2.45, 2.75) is 175 Å². The number of ether oxygens (including phenoxy) is 4. The Kier molecular flexibility index (Phi) is 21.3. The maximum Gasteiger partial charge on any atom is 0.408 e. The number of carbonyl (C=O) groups excluding carboxylic acids is 8. The van der Waals surface area contributed by atoms with Gasteiger partial charge in [0.2, 0.25) is 23.6 Å². The van der Waals surface area contributed by atoms with Gasteiger partial charge >= 0.3 is 24.2 Å². The summed E-state index contributed by atoms with van der Waals surface area (Å²) in [6.07, 6.45) is -1.27. The molecule has 0 aliphatic carbocycles. The molecule has 3 rings (SSSR count). The molecule has 0 aromatic heterocycles. The highest BCUT2D eigenvalue weighted by atomic mass is 16.6. The van der Waals surface area contributed by atoms with Crippen LogP contribution in [0.15, 0.2) is 60.7 Å². The third-order valence-corrected chi connectivity index (χ3v) is 11.1. The van der Waals surface area contributed by atoms with E-state index in [0.29, 0.717) is 18.4 Å². The predicted octanol–water partition coefficient (Wildman–Crippen LogP) is 5.62. The molecule has 2 aromatic carbocycles. The number of likely N-dealkylation sites (tertiary alicyclic amines) is 1. The van der Waals surface area contributed by atoms with Gasteiger partial charge in [-0.05, 0) is 111 Å². The van der Waals surface area contributed by atoms with Gasteiger partial charge in [-0.1, -0.05) is 81.4 Å². The molecule has 19 heteroatoms. The van der Waals surface area contributed by atoms with E-state index < -0.39 is 99.8 Å². The summed E-state index contributed by atoms with van der Waals surface area (Å²) in [6, 6.07) is 13.2. The normalized spacial score (nSPS) is 15.5. The van der Waals surface area contributed by atoms with E-state index >= 15 is 0 Å². The molecule has 0 saturated carbocycles. The quantitative estimate of drug-likeness (QED) is 0.0571. The Bertz CT molecular complexity index is 2120. The van der Waals surface area contributed by atoms with Crippen molar-refractivity contribution in [3.8, 4) is 0 Å². The van der Waals surface area contributed by atoms with Gasteiger partial charge in [0, 0.05) is 32.5 Å². The van der Waals surface area contributed by atoms with Gasteiger partial charge in [0.15, 0.2) is 0 Å². The second-order valence-corrected chi connectivity index (χ2v) is 22.0. The fourth-order valence-corrected chi connectivity index (χ4v) is 7.65. The summed E-state index contributed by atoms with van der Waals surface area (Å²) in [7, 11) is 1.20. The number of alkyl carbamates (subject to hydrolysis) is 3. The second kappa shape index (κ2) is 25.6. The second-order valence-electron chi connectivity index (χ2n) is 22.0. The maximum atomic E-state index is 14.6. The summed E-state index contributed by atoms with van der Waals surface area (Å²) in [4.78, 5) is 111. The molecule has 1 heterocycles. The van der Waals surface area contributed by atoms with Gasteiger partial charge in [-0.25, -0.2) is 19.2 Å². The molecule has 2 aromatic rings. The number of amides is 7. The van der Waals surface area contributed by atoms with Crippen molar-refractivity contribution in [3.05, 3.63) is 71.8 Å². The highest BCUT2D eigenvalue weighted by Crippen LogP contribution is 2.27. The Hall–Kier alpha value is -6.40. The molecule has 0 unspecified atom stereocenters. The van der Waals surface area contributed by atoms with Gasteiger partial charge in [-0.15, -0.1) is 0 Å². The van der Waals surface area contributed by atoms with Gasteiger partial charge in [0.25, 0.3) is 0 Å². The number of benzene rings is 2. The first-order valence-corrected chi connectivity index (χ1v) is 24.2. The van der Waals surface area contributed by atoms with Crippen LogP contribution >= 0.6 is 0 Å². The molecule has 0 spiro atoms. The number of nitrogens with zero attached hydrogens (tertiary/aromatic N) is 1. The Morgan fingerprint density at radius 3 is 1.49 bits per heavy atom. The van der Waals surface area contributed by atoms with Gasteiger partial charge in [-0.3, -0.25) is 19.2 Å². The predicted molar refractivity (Wildman–Crippen MR) is 267 cm³/mol. The van der Waals surface area contributed by atoms with Crippen LogP contribution in [0.5, 0.6) is 0 Å². The van der Waals surface area contributed by atoms with E-state index in [1.165, 1.54) is 12.0 Å². The van der Waals surface area contributed by atoms with Crippen LogP contribution in [0.25, 0.3) is 0 Å². The molecule has 0 bridgehead atoms. The van der Waals surface area contributed by atoms with Crippen molar-refractivity contribution >= 4 is 47.9 Å². The summed E-state index contributed by atoms with van der Waals surface area (Å²) >= 11 is 0. The molecule has 7 amide bonds. The largest absolute Gasteiger partial charge is 0.467 e. The minimum Gasteiger partial charge on any atom is -0.467 e. The van der Waals surface area contributed by atoms with Crippen molar-refractivity contribution in [1.29, 1.82) is 0 Å². The molecule has 6 N–H and O–H groups in total. The standard InChI is InChI=1S/C52H79N7O12/c1-48(2,3)39(57-41(61)37(32-34-22-16-14-17-23-34)55-40(60)38(33-35-24-18-15-19-25-35)56-46(66)70-50(7,8)9)42(62)54-36(26-20-21-29-53-45(65)69-49(4,5)6)43(63)59-30-27-52(28-31-59,44(64)68-13)58-47(67)71-51(10,11)12/h14-19,22-25,36-39H,20-21,26-33H2,1-13H3,(H,53,65)(H,54,62)(H,55,60)(H,56,66)(H,57,61)(H,58,67)/t36-,37-,38-,39+/m1/s1. The lowest BCUT2D eigenvalue weighted by Gasteiger charge is -2.41. The van der Waals surface area contributed by atoms with E-state index in [1.807, 2.05) is 24.3 Å². The van der Waals surface area contributed by atoms with Crippen molar-refractivity contribution in [2.75, 3.05) is 26.7 Å². The molecular formula is C52H79N7O12. The van der Waals surface area contributed by atoms with Crippen LogP contribution in [0.2, 0.25) is 0 Å². The molecule has 1 aliphatic heterocycles. The van der Waals surface area contributed by atoms with E-state index in [9.17, 15) is 38.4 Å². The van der Waals surface area contributed by atoms with E-state index in [0.717, 1.165) is 5.56 Å². The first-order chi connectivity index (χ1) is 32.9. The van der Waals surface area contributed by atoms with Crippen LogP contribution in [0.3, 0.4) is 0 Å². The van der Waals surface area contributed by atoms with Crippen LogP contribution < -0.4 is 31.9 Å². The number of esters is 1. The summed E-state index contributed by atoms with van der Waals surface area (Å²) in [6.45, 7) is 20.9. The fourth-order valence-electron chi connectivity index (χ4n) is 7.65. The number of piperidine rings is 1. The summed E-state index contributed by atoms with van der Waals surface area (Å²) in [5.74, 6) is -3.21. The van der Waals surface area contributed by atoms with Crippen LogP contribution in [0, 0.1) is 5.41 Å². The minimum atomic E-state index is -1.49. The lowest BCUT2D eigenvalue weighted by molar-refractivity contribution is -0.153. The number of nitrogens with one attached hydrogen (secondary N) is 6. The Morgan fingerprint density at radius 2 is 1.01 bits per heavy atom. The van der Waals surface area contributed by atoms with Gasteiger partial charge in [0.1, 0.15) is 46.5 Å². The van der Waals surface area contributed by atoms with E-state index in [2.05, 4.69) is 31.9 Å². The molecular weight excluding hydrogens is 915 g/mol. The lowest BCUT2D eigenvalue weighted by atomic mass is 9.85. The van der Waals surface area contributed by atoms with Crippen molar-refractivity contribution in [3.63, 3.8) is 0 Å². The summed E-state index contributed by atoms with van der Waals surface area (Å²) < 4.78 is 21.3. The Balaban J connectivity index is 1.92.